The monoisotopic (exact) mass is 466 g/mol. The zero-order valence-corrected chi connectivity index (χ0v) is 18.8. The summed E-state index contributed by atoms with van der Waals surface area (Å²) < 4.78 is 5.63. The van der Waals surface area contributed by atoms with Gasteiger partial charge in [0.25, 0.3) is 0 Å². The van der Waals surface area contributed by atoms with Gasteiger partial charge in [-0.3, -0.25) is 9.89 Å². The summed E-state index contributed by atoms with van der Waals surface area (Å²) in [6.45, 7) is 13.7. The minimum absolute atomic E-state index is 0. The van der Waals surface area contributed by atoms with E-state index in [0.717, 1.165) is 57.6 Å². The third kappa shape index (κ3) is 7.59. The number of hydrogen-bond acceptors (Lipinski definition) is 3. The van der Waals surface area contributed by atoms with E-state index in [1.165, 1.54) is 38.8 Å². The molecule has 0 aromatic heterocycles. The van der Waals surface area contributed by atoms with Crippen molar-refractivity contribution in [1.82, 2.24) is 15.5 Å². The first-order chi connectivity index (χ1) is 11.7. The van der Waals surface area contributed by atoms with E-state index in [2.05, 4.69) is 36.3 Å². The predicted molar refractivity (Wildman–Crippen MR) is 117 cm³/mol. The fourth-order valence-electron chi connectivity index (χ4n) is 3.80. The SMILES string of the molecule is CCNC(=NCC1(N2CCCC2)CCOCC1)NCCCC(C)C.I. The number of guanidine groups is 1. The van der Waals surface area contributed by atoms with Crippen LogP contribution in [-0.2, 0) is 4.74 Å². The molecule has 0 unspecified atom stereocenters. The number of hydrogen-bond donors (Lipinski definition) is 2. The highest BCUT2D eigenvalue weighted by Gasteiger charge is 2.39. The lowest BCUT2D eigenvalue weighted by molar-refractivity contribution is -0.0139. The van der Waals surface area contributed by atoms with E-state index in [-0.39, 0.29) is 29.5 Å². The van der Waals surface area contributed by atoms with Gasteiger partial charge in [0.1, 0.15) is 0 Å². The molecule has 148 valence electrons. The fourth-order valence-corrected chi connectivity index (χ4v) is 3.80. The van der Waals surface area contributed by atoms with Crippen molar-refractivity contribution in [3.8, 4) is 0 Å². The lowest BCUT2D eigenvalue weighted by Gasteiger charge is -2.43. The number of likely N-dealkylation sites (tertiary alicyclic amines) is 1. The second-order valence-electron chi connectivity index (χ2n) is 7.69. The Kier molecular flexibility index (Phi) is 11.3. The minimum Gasteiger partial charge on any atom is -0.381 e. The molecule has 2 aliphatic heterocycles. The summed E-state index contributed by atoms with van der Waals surface area (Å²) >= 11 is 0. The first-order valence-corrected chi connectivity index (χ1v) is 10.0. The lowest BCUT2D eigenvalue weighted by Crippen LogP contribution is -2.54. The van der Waals surface area contributed by atoms with Crippen molar-refractivity contribution in [1.29, 1.82) is 0 Å². The van der Waals surface area contributed by atoms with Crippen LogP contribution < -0.4 is 10.6 Å². The summed E-state index contributed by atoms with van der Waals surface area (Å²) in [7, 11) is 0. The molecule has 0 aromatic rings. The average Bonchev–Trinajstić information content (AvgIpc) is 3.12. The van der Waals surface area contributed by atoms with Crippen molar-refractivity contribution in [2.45, 2.75) is 64.8 Å². The maximum atomic E-state index is 5.63. The van der Waals surface area contributed by atoms with E-state index in [9.17, 15) is 0 Å². The van der Waals surface area contributed by atoms with Crippen molar-refractivity contribution < 1.29 is 4.74 Å². The number of nitrogens with one attached hydrogen (secondary N) is 2. The zero-order valence-electron chi connectivity index (χ0n) is 16.5. The molecule has 0 saturated carbocycles. The third-order valence-corrected chi connectivity index (χ3v) is 5.33. The topological polar surface area (TPSA) is 48.9 Å². The molecule has 0 bridgehead atoms. The van der Waals surface area contributed by atoms with Gasteiger partial charge in [-0.05, 0) is 64.5 Å². The number of halogens is 1. The first-order valence-electron chi connectivity index (χ1n) is 10.0. The molecular formula is C19H39IN4O. The third-order valence-electron chi connectivity index (χ3n) is 5.33. The molecule has 2 N–H and O–H groups in total. The molecule has 6 heteroatoms. The van der Waals surface area contributed by atoms with Crippen molar-refractivity contribution in [3.05, 3.63) is 0 Å². The number of ether oxygens (including phenoxy) is 1. The first kappa shape index (κ1) is 23.0. The van der Waals surface area contributed by atoms with Gasteiger partial charge < -0.3 is 15.4 Å². The zero-order chi connectivity index (χ0) is 17.3. The van der Waals surface area contributed by atoms with Gasteiger partial charge in [0.15, 0.2) is 5.96 Å². The van der Waals surface area contributed by atoms with Crippen molar-refractivity contribution >= 4 is 29.9 Å². The Morgan fingerprint density at radius 3 is 2.44 bits per heavy atom. The fraction of sp³-hybridized carbons (Fsp3) is 0.947. The van der Waals surface area contributed by atoms with Gasteiger partial charge in [-0.1, -0.05) is 13.8 Å². The van der Waals surface area contributed by atoms with Crippen LogP contribution in [0.5, 0.6) is 0 Å². The Bertz CT molecular complexity index is 378. The number of nitrogens with zero attached hydrogens (tertiary/aromatic N) is 2. The summed E-state index contributed by atoms with van der Waals surface area (Å²) in [5, 5.41) is 6.92. The molecule has 2 aliphatic rings. The average molecular weight is 466 g/mol. The molecule has 0 radical (unpaired) electrons. The van der Waals surface area contributed by atoms with Crippen molar-refractivity contribution in [2.75, 3.05) is 45.9 Å². The van der Waals surface area contributed by atoms with Gasteiger partial charge in [-0.2, -0.15) is 0 Å². The number of rotatable bonds is 8. The molecule has 0 spiro atoms. The molecule has 2 rings (SSSR count). The molecule has 5 nitrogen and oxygen atoms in total. The van der Waals surface area contributed by atoms with E-state index < -0.39 is 0 Å². The Balaban J connectivity index is 0.00000312. The van der Waals surface area contributed by atoms with Gasteiger partial charge in [0, 0.05) is 31.8 Å². The lowest BCUT2D eigenvalue weighted by atomic mass is 9.88. The predicted octanol–water partition coefficient (Wildman–Crippen LogP) is 3.24. The standard InChI is InChI=1S/C19H38N4O.HI/c1-4-20-18(21-11-7-8-17(2)3)22-16-19(9-14-24-15-10-19)23-12-5-6-13-23;/h17H,4-16H2,1-3H3,(H2,20,21,22);1H. The van der Waals surface area contributed by atoms with Crippen molar-refractivity contribution in [2.24, 2.45) is 10.9 Å². The van der Waals surface area contributed by atoms with Crippen LogP contribution in [0.1, 0.15) is 59.3 Å². The molecule has 0 amide bonds. The van der Waals surface area contributed by atoms with Gasteiger partial charge in [0.2, 0.25) is 0 Å². The van der Waals surface area contributed by atoms with Gasteiger partial charge in [-0.15, -0.1) is 24.0 Å². The van der Waals surface area contributed by atoms with E-state index >= 15 is 0 Å². The van der Waals surface area contributed by atoms with Crippen LogP contribution in [0.15, 0.2) is 4.99 Å². The molecule has 2 saturated heterocycles. The van der Waals surface area contributed by atoms with E-state index in [1.54, 1.807) is 0 Å². The molecule has 0 aromatic carbocycles. The van der Waals surface area contributed by atoms with Gasteiger partial charge >= 0.3 is 0 Å². The second kappa shape index (κ2) is 12.3. The summed E-state index contributed by atoms with van der Waals surface area (Å²) in [6.07, 6.45) is 7.36. The normalized spacial score (nSPS) is 21.2. The molecule has 2 heterocycles. The van der Waals surface area contributed by atoms with Crippen LogP contribution in [0, 0.1) is 5.92 Å². The molecule has 2 fully saturated rings. The summed E-state index contributed by atoms with van der Waals surface area (Å²) in [5.41, 5.74) is 0.217. The highest BCUT2D eigenvalue weighted by molar-refractivity contribution is 14.0. The maximum Gasteiger partial charge on any atom is 0.191 e. The maximum absolute atomic E-state index is 5.63. The van der Waals surface area contributed by atoms with Crippen LogP contribution in [0.4, 0.5) is 0 Å². The summed E-state index contributed by atoms with van der Waals surface area (Å²) in [4.78, 5) is 7.65. The Morgan fingerprint density at radius 2 is 1.84 bits per heavy atom. The van der Waals surface area contributed by atoms with E-state index in [4.69, 9.17) is 9.73 Å². The smallest absolute Gasteiger partial charge is 0.191 e. The van der Waals surface area contributed by atoms with Crippen LogP contribution in [0.3, 0.4) is 0 Å². The van der Waals surface area contributed by atoms with Crippen LogP contribution >= 0.6 is 24.0 Å². The molecule has 0 aliphatic carbocycles. The van der Waals surface area contributed by atoms with Crippen LogP contribution in [0.2, 0.25) is 0 Å². The number of aliphatic imine (C=N–C) groups is 1. The Hall–Kier alpha value is -0.0800. The minimum atomic E-state index is 0. The largest absolute Gasteiger partial charge is 0.381 e. The Morgan fingerprint density at radius 1 is 1.16 bits per heavy atom. The van der Waals surface area contributed by atoms with E-state index in [0.29, 0.717) is 0 Å². The summed E-state index contributed by atoms with van der Waals surface area (Å²) in [6, 6.07) is 0. The summed E-state index contributed by atoms with van der Waals surface area (Å²) in [5.74, 6) is 1.75. The van der Waals surface area contributed by atoms with Crippen LogP contribution in [0.25, 0.3) is 0 Å². The Labute approximate surface area is 171 Å². The van der Waals surface area contributed by atoms with Crippen molar-refractivity contribution in [3.63, 3.8) is 0 Å². The second-order valence-corrected chi connectivity index (χ2v) is 7.69. The quantitative estimate of drug-likeness (QED) is 0.250. The molecular weight excluding hydrogens is 427 g/mol. The van der Waals surface area contributed by atoms with Gasteiger partial charge in [-0.25, -0.2) is 0 Å². The highest BCUT2D eigenvalue weighted by Crippen LogP contribution is 2.31. The highest BCUT2D eigenvalue weighted by atomic mass is 127. The molecule has 0 atom stereocenters. The van der Waals surface area contributed by atoms with E-state index in [1.807, 2.05) is 0 Å². The van der Waals surface area contributed by atoms with Gasteiger partial charge in [0.05, 0.1) is 6.54 Å². The molecule has 25 heavy (non-hydrogen) atoms. The van der Waals surface area contributed by atoms with Crippen LogP contribution in [-0.4, -0.2) is 62.3 Å².